The first kappa shape index (κ1) is 17.3. The van der Waals surface area contributed by atoms with Crippen LogP contribution >= 0.6 is 0 Å². The van der Waals surface area contributed by atoms with E-state index >= 15 is 0 Å². The Labute approximate surface area is 150 Å². The van der Waals surface area contributed by atoms with Crippen molar-refractivity contribution in [2.75, 3.05) is 10.3 Å². The third-order valence-corrected chi connectivity index (χ3v) is 4.05. The fourth-order valence-electron chi connectivity index (χ4n) is 2.71. The molecule has 2 aromatic rings. The molecule has 0 aliphatic carbocycles. The highest BCUT2D eigenvalue weighted by Gasteiger charge is 2.34. The minimum atomic E-state index is -0.721. The second-order valence-electron chi connectivity index (χ2n) is 5.94. The molecule has 1 aliphatic heterocycles. The number of benzene rings is 2. The third kappa shape index (κ3) is 3.61. The monoisotopic (exact) mass is 350 g/mol. The number of hydrogen-bond acceptors (Lipinski definition) is 5. The van der Waals surface area contributed by atoms with E-state index in [1.165, 1.54) is 11.9 Å². The molecule has 132 valence electrons. The lowest BCUT2D eigenvalue weighted by Gasteiger charge is -2.20. The van der Waals surface area contributed by atoms with Crippen LogP contribution in [0.15, 0.2) is 59.7 Å². The molecule has 0 fully saturated rings. The number of rotatable bonds is 5. The van der Waals surface area contributed by atoms with E-state index in [0.29, 0.717) is 16.9 Å². The van der Waals surface area contributed by atoms with Crippen molar-refractivity contribution in [3.05, 3.63) is 60.2 Å². The van der Waals surface area contributed by atoms with Gasteiger partial charge in [-0.25, -0.2) is 0 Å². The topological polar surface area (TPSA) is 105 Å². The van der Waals surface area contributed by atoms with Gasteiger partial charge in [0.25, 0.3) is 5.91 Å². The molecule has 0 saturated carbocycles. The van der Waals surface area contributed by atoms with Gasteiger partial charge < -0.3 is 11.1 Å². The molecule has 0 saturated heterocycles. The molecule has 1 atom stereocenters. The zero-order valence-electron chi connectivity index (χ0n) is 14.2. The Hall–Kier alpha value is -3.48. The largest absolute Gasteiger partial charge is 0.368 e. The normalized spacial score (nSPS) is 16.1. The number of anilines is 2. The van der Waals surface area contributed by atoms with E-state index in [4.69, 9.17) is 5.73 Å². The van der Waals surface area contributed by atoms with Gasteiger partial charge in [0.1, 0.15) is 11.8 Å². The fraction of sp³-hybridized carbons (Fsp3) is 0.158. The first-order valence-corrected chi connectivity index (χ1v) is 8.09. The van der Waals surface area contributed by atoms with Gasteiger partial charge in [0.15, 0.2) is 5.78 Å². The van der Waals surface area contributed by atoms with Crippen molar-refractivity contribution in [2.45, 2.75) is 19.4 Å². The molecule has 0 spiro atoms. The Balaban J connectivity index is 1.82. The summed E-state index contributed by atoms with van der Waals surface area (Å²) in [5, 5.41) is 8.46. The van der Waals surface area contributed by atoms with E-state index in [9.17, 15) is 14.4 Å². The SMILES string of the molecule is CC(=O)c1cccc(NC(=O)C2=NN(c3ccccc3)C(C(N)=O)C2)c1. The molecule has 7 heteroatoms. The van der Waals surface area contributed by atoms with Crippen LogP contribution in [0.5, 0.6) is 0 Å². The number of nitrogens with one attached hydrogen (secondary N) is 1. The number of carbonyl (C=O) groups is 3. The summed E-state index contributed by atoms with van der Waals surface area (Å²) >= 11 is 0. The molecule has 1 unspecified atom stereocenters. The van der Waals surface area contributed by atoms with Gasteiger partial charge in [0.2, 0.25) is 5.91 Å². The molecular formula is C19H18N4O3. The van der Waals surface area contributed by atoms with E-state index in [0.717, 1.165) is 0 Å². The van der Waals surface area contributed by atoms with Crippen LogP contribution in [0.25, 0.3) is 0 Å². The molecule has 1 heterocycles. The average molecular weight is 350 g/mol. The summed E-state index contributed by atoms with van der Waals surface area (Å²) < 4.78 is 0. The van der Waals surface area contributed by atoms with Crippen molar-refractivity contribution >= 4 is 34.7 Å². The maximum absolute atomic E-state index is 12.5. The van der Waals surface area contributed by atoms with E-state index in [2.05, 4.69) is 10.4 Å². The fourth-order valence-corrected chi connectivity index (χ4v) is 2.71. The predicted octanol–water partition coefficient (Wildman–Crippen LogP) is 1.95. The van der Waals surface area contributed by atoms with Gasteiger partial charge in [-0.1, -0.05) is 30.3 Å². The summed E-state index contributed by atoms with van der Waals surface area (Å²) in [6, 6.07) is 15.0. The van der Waals surface area contributed by atoms with Crippen LogP contribution < -0.4 is 16.1 Å². The van der Waals surface area contributed by atoms with Crippen LogP contribution in [0.1, 0.15) is 23.7 Å². The van der Waals surface area contributed by atoms with Crippen LogP contribution in [0.2, 0.25) is 0 Å². The lowest BCUT2D eigenvalue weighted by Crippen LogP contribution is -2.39. The standard InChI is InChI=1S/C19H18N4O3/c1-12(24)13-6-5-7-14(10-13)21-19(26)16-11-17(18(20)25)23(22-16)15-8-3-2-4-9-15/h2-10,17H,11H2,1H3,(H2,20,25)(H,21,26). The Morgan fingerprint density at radius 3 is 2.50 bits per heavy atom. The second kappa shape index (κ2) is 7.18. The first-order valence-electron chi connectivity index (χ1n) is 8.09. The first-order chi connectivity index (χ1) is 12.5. The highest BCUT2D eigenvalue weighted by atomic mass is 16.2. The lowest BCUT2D eigenvalue weighted by molar-refractivity contribution is -0.119. The summed E-state index contributed by atoms with van der Waals surface area (Å²) in [7, 11) is 0. The van der Waals surface area contributed by atoms with E-state index in [-0.39, 0.29) is 17.9 Å². The van der Waals surface area contributed by atoms with Crippen LogP contribution in [0.3, 0.4) is 0 Å². The number of hydrogen-bond donors (Lipinski definition) is 2. The lowest BCUT2D eigenvalue weighted by atomic mass is 10.1. The number of amides is 2. The van der Waals surface area contributed by atoms with Crippen LogP contribution in [-0.4, -0.2) is 29.4 Å². The number of carbonyl (C=O) groups excluding carboxylic acids is 3. The molecule has 0 radical (unpaired) electrons. The predicted molar refractivity (Wildman–Crippen MR) is 99.0 cm³/mol. The van der Waals surface area contributed by atoms with Gasteiger partial charge in [-0.15, -0.1) is 0 Å². The Morgan fingerprint density at radius 1 is 1.12 bits per heavy atom. The maximum Gasteiger partial charge on any atom is 0.271 e. The highest BCUT2D eigenvalue weighted by molar-refractivity contribution is 6.44. The van der Waals surface area contributed by atoms with Gasteiger partial charge in [-0.3, -0.25) is 19.4 Å². The molecule has 7 nitrogen and oxygen atoms in total. The van der Waals surface area contributed by atoms with Crippen molar-refractivity contribution < 1.29 is 14.4 Å². The summed E-state index contributed by atoms with van der Waals surface area (Å²) in [5.74, 6) is -1.09. The smallest absolute Gasteiger partial charge is 0.271 e. The van der Waals surface area contributed by atoms with E-state index in [1.807, 2.05) is 18.2 Å². The third-order valence-electron chi connectivity index (χ3n) is 4.05. The number of nitrogens with two attached hydrogens (primary N) is 1. The number of nitrogens with zero attached hydrogens (tertiary/aromatic N) is 2. The minimum Gasteiger partial charge on any atom is -0.368 e. The van der Waals surface area contributed by atoms with Crippen molar-refractivity contribution in [1.82, 2.24) is 0 Å². The number of hydrazone groups is 1. The minimum absolute atomic E-state index is 0.0941. The van der Waals surface area contributed by atoms with Gasteiger partial charge in [0, 0.05) is 17.7 Å². The Kier molecular flexibility index (Phi) is 4.79. The Morgan fingerprint density at radius 2 is 1.85 bits per heavy atom. The van der Waals surface area contributed by atoms with Crippen LogP contribution in [0.4, 0.5) is 11.4 Å². The highest BCUT2D eigenvalue weighted by Crippen LogP contribution is 2.24. The average Bonchev–Trinajstić information content (AvgIpc) is 3.08. The van der Waals surface area contributed by atoms with Crippen LogP contribution in [0, 0.1) is 0 Å². The summed E-state index contributed by atoms with van der Waals surface area (Å²) in [5.41, 5.74) is 7.33. The number of ketones is 1. The molecule has 3 N–H and O–H groups in total. The van der Waals surface area contributed by atoms with Crippen molar-refractivity contribution in [2.24, 2.45) is 10.8 Å². The number of primary amides is 1. The van der Waals surface area contributed by atoms with Gasteiger partial charge in [-0.05, 0) is 31.2 Å². The van der Waals surface area contributed by atoms with Gasteiger partial charge >= 0.3 is 0 Å². The molecule has 2 aromatic carbocycles. The summed E-state index contributed by atoms with van der Waals surface area (Å²) in [4.78, 5) is 35.8. The quantitative estimate of drug-likeness (QED) is 0.804. The van der Waals surface area contributed by atoms with Gasteiger partial charge in [0.05, 0.1) is 5.69 Å². The molecule has 0 aromatic heterocycles. The Bertz CT molecular complexity index is 893. The molecule has 3 rings (SSSR count). The number of Topliss-reactive ketones (excluding diaryl/α,β-unsaturated/α-hetero) is 1. The summed E-state index contributed by atoms with van der Waals surface area (Å²) in [6.45, 7) is 1.46. The van der Waals surface area contributed by atoms with Crippen molar-refractivity contribution in [1.29, 1.82) is 0 Å². The van der Waals surface area contributed by atoms with E-state index < -0.39 is 17.9 Å². The van der Waals surface area contributed by atoms with Crippen molar-refractivity contribution in [3.8, 4) is 0 Å². The molecule has 0 bridgehead atoms. The second-order valence-corrected chi connectivity index (χ2v) is 5.94. The molecule has 2 amide bonds. The maximum atomic E-state index is 12.5. The molecule has 26 heavy (non-hydrogen) atoms. The van der Waals surface area contributed by atoms with E-state index in [1.54, 1.807) is 36.4 Å². The molecular weight excluding hydrogens is 332 g/mol. The number of para-hydroxylation sites is 1. The van der Waals surface area contributed by atoms with Crippen LogP contribution in [-0.2, 0) is 9.59 Å². The zero-order chi connectivity index (χ0) is 18.7. The van der Waals surface area contributed by atoms with Gasteiger partial charge in [-0.2, -0.15) is 5.10 Å². The summed E-state index contributed by atoms with van der Waals surface area (Å²) in [6.07, 6.45) is 0.114. The van der Waals surface area contributed by atoms with Crippen molar-refractivity contribution in [3.63, 3.8) is 0 Å². The zero-order valence-corrected chi connectivity index (χ0v) is 14.2. The molecule has 1 aliphatic rings.